The van der Waals surface area contributed by atoms with E-state index >= 15 is 0 Å². The predicted octanol–water partition coefficient (Wildman–Crippen LogP) is 4.54. The molecule has 2 aromatic rings. The lowest BCUT2D eigenvalue weighted by Crippen LogP contribution is -2.54. The topological polar surface area (TPSA) is 173 Å². The molecule has 4 heterocycles. The first-order valence-corrected chi connectivity index (χ1v) is 16.8. The highest BCUT2D eigenvalue weighted by molar-refractivity contribution is 5.80. The molecule has 272 valence electrons. The summed E-state index contributed by atoms with van der Waals surface area (Å²) in [5.74, 6) is 1.53. The van der Waals surface area contributed by atoms with E-state index in [1.165, 1.54) is 0 Å². The second-order valence-corrected chi connectivity index (χ2v) is 16.8. The van der Waals surface area contributed by atoms with Crippen LogP contribution in [0.3, 0.4) is 0 Å². The zero-order valence-electron chi connectivity index (χ0n) is 32.2. The minimum atomic E-state index is -0.475. The van der Waals surface area contributed by atoms with Crippen molar-refractivity contribution in [2.24, 2.45) is 11.3 Å². The van der Waals surface area contributed by atoms with Crippen molar-refractivity contribution in [3.63, 3.8) is 0 Å². The number of aromatic nitrogens is 4. The number of rotatable bonds is 0. The molecule has 2 aliphatic heterocycles. The summed E-state index contributed by atoms with van der Waals surface area (Å²) in [5, 5.41) is 15.2. The number of carbonyl (C=O) groups is 2. The molecule has 5 N–H and O–H groups in total. The Bertz CT molecular complexity index is 1420. The fourth-order valence-electron chi connectivity index (χ4n) is 5.29. The van der Waals surface area contributed by atoms with E-state index in [-0.39, 0.29) is 50.8 Å². The van der Waals surface area contributed by atoms with Gasteiger partial charge in [0.1, 0.15) is 11.6 Å². The van der Waals surface area contributed by atoms with Crippen molar-refractivity contribution in [3.8, 4) is 5.75 Å². The van der Waals surface area contributed by atoms with Gasteiger partial charge in [0.25, 0.3) is 11.1 Å². The number of carbonyl (C=O) groups excluding carboxylic acids is 2. The molecule has 48 heavy (non-hydrogen) atoms. The molecule has 2 aliphatic rings. The SMILES string of the molecule is CC(C)(C)C1CCCNC1=O.CC(C)(C)N1CCNC(=O)C1.Cc1nc(C(C)(C)C)c(C)c(=O)[nH]1.Cc1nc(C(C)(C)C)c(O)c(=O)[nH]1. The van der Waals surface area contributed by atoms with E-state index in [1.54, 1.807) is 13.8 Å². The molecule has 12 nitrogen and oxygen atoms in total. The fraction of sp³-hybridized carbons (Fsp3) is 0.722. The van der Waals surface area contributed by atoms with Crippen LogP contribution in [0, 0.1) is 32.1 Å². The van der Waals surface area contributed by atoms with Crippen molar-refractivity contribution in [1.29, 1.82) is 0 Å². The van der Waals surface area contributed by atoms with Crippen LogP contribution in [0.5, 0.6) is 5.75 Å². The first-order chi connectivity index (χ1) is 21.7. The van der Waals surface area contributed by atoms with Crippen LogP contribution in [-0.2, 0) is 20.4 Å². The normalized spacial score (nSPS) is 17.4. The number of hydrogen-bond donors (Lipinski definition) is 5. The van der Waals surface area contributed by atoms with E-state index < -0.39 is 5.56 Å². The fourth-order valence-corrected chi connectivity index (χ4v) is 5.29. The summed E-state index contributed by atoms with van der Waals surface area (Å²) in [6.45, 7) is 33.1. The van der Waals surface area contributed by atoms with Crippen LogP contribution in [0.25, 0.3) is 0 Å². The first-order valence-electron chi connectivity index (χ1n) is 16.8. The molecule has 2 fully saturated rings. The molecule has 2 amide bonds. The van der Waals surface area contributed by atoms with E-state index in [9.17, 15) is 24.3 Å². The second kappa shape index (κ2) is 16.7. The average Bonchev–Trinajstić information content (AvgIpc) is 2.92. The summed E-state index contributed by atoms with van der Waals surface area (Å²) in [6, 6.07) is 0. The van der Waals surface area contributed by atoms with Gasteiger partial charge in [-0.15, -0.1) is 0 Å². The highest BCUT2D eigenvalue weighted by Gasteiger charge is 2.32. The van der Waals surface area contributed by atoms with Gasteiger partial charge < -0.3 is 25.7 Å². The van der Waals surface area contributed by atoms with Crippen molar-refractivity contribution < 1.29 is 14.7 Å². The van der Waals surface area contributed by atoms with Gasteiger partial charge in [-0.25, -0.2) is 9.97 Å². The summed E-state index contributed by atoms with van der Waals surface area (Å²) >= 11 is 0. The molecule has 4 rings (SSSR count). The van der Waals surface area contributed by atoms with Gasteiger partial charge in [-0.3, -0.25) is 24.1 Å². The van der Waals surface area contributed by atoms with Crippen molar-refractivity contribution in [3.05, 3.63) is 49.3 Å². The maximum atomic E-state index is 11.4. The smallest absolute Gasteiger partial charge is 0.293 e. The molecular weight excluding hydrogens is 610 g/mol. The highest BCUT2D eigenvalue weighted by atomic mass is 16.3. The molecule has 0 aromatic carbocycles. The Morgan fingerprint density at radius 3 is 1.60 bits per heavy atom. The van der Waals surface area contributed by atoms with Gasteiger partial charge in [-0.2, -0.15) is 0 Å². The van der Waals surface area contributed by atoms with Gasteiger partial charge >= 0.3 is 0 Å². The van der Waals surface area contributed by atoms with Crippen LogP contribution in [-0.4, -0.2) is 73.5 Å². The second-order valence-electron chi connectivity index (χ2n) is 16.8. The van der Waals surface area contributed by atoms with Gasteiger partial charge in [-0.05, 0) is 59.8 Å². The molecule has 12 heteroatoms. The van der Waals surface area contributed by atoms with E-state index in [4.69, 9.17) is 0 Å². The lowest BCUT2D eigenvalue weighted by Gasteiger charge is -2.37. The van der Waals surface area contributed by atoms with Gasteiger partial charge in [0.15, 0.2) is 0 Å². The molecule has 0 radical (unpaired) electrons. The standard InChI is InChI=1S/C10H16N2O.C9H14N2O2.C9H17NO.C8H16N2O/c1-6-8(10(3,4)5)11-7(2)12-9(6)13;1-5-10-7(9(2,3)4)6(12)8(13)11-5;1-9(2,3)7-5-4-6-10-8(7)11;1-8(2,3)10-5-4-9-7(11)6-10/h1-5H3,(H,11,12,13);12H,1-4H3,(H,10,11,13);7H,4-6H2,1-3H3,(H,10,11);4-6H2,1-3H3,(H,9,11). The molecule has 0 spiro atoms. The molecule has 0 saturated carbocycles. The summed E-state index contributed by atoms with van der Waals surface area (Å²) in [6.07, 6.45) is 2.18. The number of aromatic amines is 2. The van der Waals surface area contributed by atoms with E-state index in [1.807, 2.05) is 27.7 Å². The predicted molar refractivity (Wildman–Crippen MR) is 193 cm³/mol. The Balaban J connectivity index is 0.000000321. The minimum Gasteiger partial charge on any atom is -0.502 e. The molecule has 2 saturated heterocycles. The van der Waals surface area contributed by atoms with Crippen molar-refractivity contribution >= 4 is 11.8 Å². The maximum Gasteiger partial charge on any atom is 0.293 e. The summed E-state index contributed by atoms with van der Waals surface area (Å²) < 4.78 is 0. The molecule has 0 bridgehead atoms. The van der Waals surface area contributed by atoms with E-state index in [0.717, 1.165) is 43.7 Å². The Morgan fingerprint density at radius 1 is 0.708 bits per heavy atom. The number of H-pyrrole nitrogens is 2. The lowest BCUT2D eigenvalue weighted by molar-refractivity contribution is -0.130. The largest absolute Gasteiger partial charge is 0.502 e. The summed E-state index contributed by atoms with van der Waals surface area (Å²) in [7, 11) is 0. The number of nitrogens with zero attached hydrogens (tertiary/aromatic N) is 3. The maximum absolute atomic E-state index is 11.4. The van der Waals surface area contributed by atoms with Crippen molar-refractivity contribution in [2.75, 3.05) is 26.2 Å². The quantitative estimate of drug-likeness (QED) is 0.271. The average molecular weight is 674 g/mol. The number of piperidine rings is 1. The van der Waals surface area contributed by atoms with Gasteiger partial charge in [0, 0.05) is 47.5 Å². The Kier molecular flexibility index (Phi) is 14.8. The van der Waals surface area contributed by atoms with Crippen LogP contribution in [0.15, 0.2) is 9.59 Å². The Labute approximate surface area is 287 Å². The van der Waals surface area contributed by atoms with Crippen LogP contribution in [0.4, 0.5) is 0 Å². The number of aromatic hydroxyl groups is 1. The lowest BCUT2D eigenvalue weighted by atomic mass is 9.76. The third-order valence-corrected chi connectivity index (χ3v) is 8.02. The molecule has 1 atom stereocenters. The summed E-state index contributed by atoms with van der Waals surface area (Å²) in [5.41, 5.74) is 1.41. The van der Waals surface area contributed by atoms with Crippen LogP contribution >= 0.6 is 0 Å². The highest BCUT2D eigenvalue weighted by Crippen LogP contribution is 2.31. The zero-order chi connectivity index (χ0) is 37.4. The number of hydrogen-bond acceptors (Lipinski definition) is 8. The van der Waals surface area contributed by atoms with Crippen molar-refractivity contribution in [2.45, 2.75) is 133 Å². The molecule has 0 aliphatic carbocycles. The van der Waals surface area contributed by atoms with Crippen molar-refractivity contribution in [1.82, 2.24) is 35.5 Å². The Hall–Kier alpha value is -3.54. The van der Waals surface area contributed by atoms with Crippen LogP contribution in [0.2, 0.25) is 0 Å². The molecular formula is C36H63N7O5. The minimum absolute atomic E-state index is 0.0302. The number of piperazine rings is 1. The Morgan fingerprint density at radius 2 is 1.21 bits per heavy atom. The molecule has 2 aromatic heterocycles. The van der Waals surface area contributed by atoms with E-state index in [2.05, 4.69) is 97.8 Å². The first kappa shape index (κ1) is 42.5. The third kappa shape index (κ3) is 13.5. The zero-order valence-corrected chi connectivity index (χ0v) is 32.2. The van der Waals surface area contributed by atoms with Crippen LogP contribution in [0.1, 0.15) is 125 Å². The number of amides is 2. The summed E-state index contributed by atoms with van der Waals surface area (Å²) in [4.78, 5) is 60.6. The van der Waals surface area contributed by atoms with Gasteiger partial charge in [-0.1, -0.05) is 62.3 Å². The van der Waals surface area contributed by atoms with Gasteiger partial charge in [0.2, 0.25) is 17.6 Å². The monoisotopic (exact) mass is 673 g/mol. The third-order valence-electron chi connectivity index (χ3n) is 8.02. The van der Waals surface area contributed by atoms with Gasteiger partial charge in [0.05, 0.1) is 17.9 Å². The van der Waals surface area contributed by atoms with E-state index in [0.29, 0.717) is 23.9 Å². The number of nitrogens with one attached hydrogen (secondary N) is 4. The number of aryl methyl sites for hydroxylation is 2. The molecule has 1 unspecified atom stereocenters. The van der Waals surface area contributed by atoms with Crippen LogP contribution < -0.4 is 21.8 Å².